The fourth-order valence-corrected chi connectivity index (χ4v) is 2.98. The first-order chi connectivity index (χ1) is 8.13. The zero-order chi connectivity index (χ0) is 12.7. The molecule has 1 heterocycles. The van der Waals surface area contributed by atoms with Crippen LogP contribution < -0.4 is 0 Å². The molecule has 1 rings (SSSR count). The van der Waals surface area contributed by atoms with Gasteiger partial charge in [-0.25, -0.2) is 0 Å². The smallest absolute Gasteiger partial charge is 0.223 e. The van der Waals surface area contributed by atoms with Gasteiger partial charge in [-0.3, -0.25) is 9.59 Å². The predicted octanol–water partition coefficient (Wildman–Crippen LogP) is 1.42. The van der Waals surface area contributed by atoms with Gasteiger partial charge >= 0.3 is 0 Å². The van der Waals surface area contributed by atoms with E-state index in [0.717, 1.165) is 32.2 Å². The molecule has 1 unspecified atom stereocenters. The summed E-state index contributed by atoms with van der Waals surface area (Å²) in [4.78, 5) is 24.5. The Kier molecular flexibility index (Phi) is 6.58. The molecule has 1 saturated heterocycles. The Labute approximate surface area is 107 Å². The summed E-state index contributed by atoms with van der Waals surface area (Å²) in [7, 11) is 0. The minimum atomic E-state index is 0.0904. The summed E-state index contributed by atoms with van der Waals surface area (Å²) < 4.78 is 0. The summed E-state index contributed by atoms with van der Waals surface area (Å²) in [5.74, 6) is 0.172. The minimum Gasteiger partial charge on any atom is -0.396 e. The Hall–Kier alpha value is -0.550. The molecule has 5 heteroatoms. The maximum Gasteiger partial charge on any atom is 0.223 e. The number of rotatable bonds is 7. The van der Waals surface area contributed by atoms with E-state index in [-0.39, 0.29) is 22.9 Å². The first-order valence-corrected chi connectivity index (χ1v) is 7.07. The van der Waals surface area contributed by atoms with E-state index in [9.17, 15) is 9.59 Å². The van der Waals surface area contributed by atoms with Crippen molar-refractivity contribution >= 4 is 22.8 Å². The van der Waals surface area contributed by atoms with Crippen molar-refractivity contribution in [3.8, 4) is 0 Å². The normalized spacial score (nSPS) is 20.0. The molecular formula is C12H21NO3S. The molecule has 98 valence electrons. The number of unbranched alkanes of at least 4 members (excludes halogenated alkanes) is 3. The molecule has 0 aliphatic carbocycles. The lowest BCUT2D eigenvalue weighted by Gasteiger charge is -2.15. The first kappa shape index (κ1) is 14.5. The maximum atomic E-state index is 11.6. The quantitative estimate of drug-likeness (QED) is 0.703. The number of amides is 1. The molecule has 1 aliphatic rings. The number of hydrogen-bond acceptors (Lipinski definition) is 4. The number of carbonyl (C=O) groups is 2. The van der Waals surface area contributed by atoms with Crippen LogP contribution in [0.1, 0.15) is 39.0 Å². The van der Waals surface area contributed by atoms with Gasteiger partial charge in [-0.15, -0.1) is 0 Å². The molecule has 1 fully saturated rings. The number of likely N-dealkylation sites (tertiary alicyclic amines) is 1. The van der Waals surface area contributed by atoms with E-state index in [1.165, 1.54) is 11.8 Å². The van der Waals surface area contributed by atoms with Crippen molar-refractivity contribution in [1.29, 1.82) is 0 Å². The van der Waals surface area contributed by atoms with E-state index in [1.54, 1.807) is 6.92 Å². The van der Waals surface area contributed by atoms with Crippen LogP contribution in [-0.4, -0.2) is 46.0 Å². The van der Waals surface area contributed by atoms with Gasteiger partial charge in [0, 0.05) is 38.3 Å². The maximum absolute atomic E-state index is 11.6. The summed E-state index contributed by atoms with van der Waals surface area (Å²) >= 11 is 1.28. The van der Waals surface area contributed by atoms with E-state index < -0.39 is 0 Å². The van der Waals surface area contributed by atoms with Gasteiger partial charge in [0.1, 0.15) is 0 Å². The highest BCUT2D eigenvalue weighted by Gasteiger charge is 2.30. The highest BCUT2D eigenvalue weighted by Crippen LogP contribution is 2.24. The Morgan fingerprint density at radius 3 is 2.76 bits per heavy atom. The van der Waals surface area contributed by atoms with Gasteiger partial charge in [0.25, 0.3) is 0 Å². The summed E-state index contributed by atoms with van der Waals surface area (Å²) in [6.07, 6.45) is 4.40. The average Bonchev–Trinajstić information content (AvgIpc) is 2.58. The van der Waals surface area contributed by atoms with Crippen LogP contribution in [0.4, 0.5) is 0 Å². The van der Waals surface area contributed by atoms with Crippen LogP contribution in [0.3, 0.4) is 0 Å². The number of aliphatic hydroxyl groups excluding tert-OH is 1. The molecule has 0 radical (unpaired) electrons. The lowest BCUT2D eigenvalue weighted by atomic mass is 10.2. The lowest BCUT2D eigenvalue weighted by molar-refractivity contribution is -0.127. The molecular weight excluding hydrogens is 238 g/mol. The van der Waals surface area contributed by atoms with Crippen LogP contribution in [-0.2, 0) is 9.59 Å². The van der Waals surface area contributed by atoms with Crippen LogP contribution in [0.15, 0.2) is 0 Å². The second kappa shape index (κ2) is 7.71. The average molecular weight is 259 g/mol. The molecule has 0 spiro atoms. The molecule has 0 aromatic carbocycles. The van der Waals surface area contributed by atoms with E-state index >= 15 is 0 Å². The first-order valence-electron chi connectivity index (χ1n) is 6.19. The molecule has 1 N–H and O–H groups in total. The lowest BCUT2D eigenvalue weighted by Crippen LogP contribution is -2.26. The van der Waals surface area contributed by atoms with Crippen molar-refractivity contribution < 1.29 is 14.7 Å². The summed E-state index contributed by atoms with van der Waals surface area (Å²) in [6, 6.07) is 0. The summed E-state index contributed by atoms with van der Waals surface area (Å²) in [5, 5.41) is 8.88. The molecule has 1 atom stereocenters. The fraction of sp³-hybridized carbons (Fsp3) is 0.833. The molecule has 1 aliphatic heterocycles. The number of carbonyl (C=O) groups excluding carboxylic acids is 2. The van der Waals surface area contributed by atoms with E-state index in [2.05, 4.69) is 0 Å². The van der Waals surface area contributed by atoms with E-state index in [4.69, 9.17) is 5.11 Å². The predicted molar refractivity (Wildman–Crippen MR) is 68.8 cm³/mol. The van der Waals surface area contributed by atoms with Crippen molar-refractivity contribution in [3.05, 3.63) is 0 Å². The standard InChI is InChI=1S/C12H21NO3S/c1-10(15)17-11-8-12(16)13(9-11)6-4-2-3-5-7-14/h11,14H,2-9H2,1H3. The van der Waals surface area contributed by atoms with Crippen molar-refractivity contribution in [2.45, 2.75) is 44.3 Å². The summed E-state index contributed by atoms with van der Waals surface area (Å²) in [5.41, 5.74) is 0. The molecule has 0 aromatic rings. The zero-order valence-electron chi connectivity index (χ0n) is 10.4. The van der Waals surface area contributed by atoms with Crippen LogP contribution in [0.25, 0.3) is 0 Å². The van der Waals surface area contributed by atoms with Crippen molar-refractivity contribution in [1.82, 2.24) is 4.90 Å². The van der Waals surface area contributed by atoms with Gasteiger partial charge < -0.3 is 10.0 Å². The monoisotopic (exact) mass is 259 g/mol. The highest BCUT2D eigenvalue weighted by molar-refractivity contribution is 8.14. The highest BCUT2D eigenvalue weighted by atomic mass is 32.2. The fourth-order valence-electron chi connectivity index (χ4n) is 2.03. The molecule has 1 amide bonds. The Bertz CT molecular complexity index is 270. The SMILES string of the molecule is CC(=O)SC1CC(=O)N(CCCCCCO)C1. The molecule has 4 nitrogen and oxygen atoms in total. The third-order valence-corrected chi connectivity index (χ3v) is 3.83. The number of hydrogen-bond donors (Lipinski definition) is 1. The minimum absolute atomic E-state index is 0.0904. The number of thioether (sulfide) groups is 1. The second-order valence-electron chi connectivity index (χ2n) is 4.41. The van der Waals surface area contributed by atoms with Gasteiger partial charge in [0.2, 0.25) is 5.91 Å². The summed E-state index contributed by atoms with van der Waals surface area (Å²) in [6.45, 7) is 3.30. The van der Waals surface area contributed by atoms with E-state index in [1.807, 2.05) is 4.90 Å². The molecule has 0 saturated carbocycles. The molecule has 0 bridgehead atoms. The Morgan fingerprint density at radius 2 is 2.12 bits per heavy atom. The van der Waals surface area contributed by atoms with Crippen LogP contribution >= 0.6 is 11.8 Å². The third kappa shape index (κ3) is 5.55. The molecule has 17 heavy (non-hydrogen) atoms. The van der Waals surface area contributed by atoms with Gasteiger partial charge in [-0.2, -0.15) is 0 Å². The largest absolute Gasteiger partial charge is 0.396 e. The molecule has 0 aromatic heterocycles. The number of nitrogens with zero attached hydrogens (tertiary/aromatic N) is 1. The van der Waals surface area contributed by atoms with Crippen LogP contribution in [0, 0.1) is 0 Å². The van der Waals surface area contributed by atoms with Crippen molar-refractivity contribution in [3.63, 3.8) is 0 Å². The van der Waals surface area contributed by atoms with Crippen LogP contribution in [0.5, 0.6) is 0 Å². The van der Waals surface area contributed by atoms with Gasteiger partial charge in [0.15, 0.2) is 5.12 Å². The number of aliphatic hydroxyl groups is 1. The second-order valence-corrected chi connectivity index (χ2v) is 5.89. The van der Waals surface area contributed by atoms with Crippen LogP contribution in [0.2, 0.25) is 0 Å². The zero-order valence-corrected chi connectivity index (χ0v) is 11.2. The topological polar surface area (TPSA) is 57.6 Å². The third-order valence-electron chi connectivity index (χ3n) is 2.85. The van der Waals surface area contributed by atoms with Gasteiger partial charge in [-0.05, 0) is 12.8 Å². The Balaban J connectivity index is 2.17. The van der Waals surface area contributed by atoms with Crippen molar-refractivity contribution in [2.24, 2.45) is 0 Å². The van der Waals surface area contributed by atoms with Gasteiger partial charge in [0.05, 0.1) is 0 Å². The van der Waals surface area contributed by atoms with Crippen molar-refractivity contribution in [2.75, 3.05) is 19.7 Å². The van der Waals surface area contributed by atoms with Gasteiger partial charge in [-0.1, -0.05) is 24.6 Å². The van der Waals surface area contributed by atoms with E-state index in [0.29, 0.717) is 13.0 Å². The Morgan fingerprint density at radius 1 is 1.41 bits per heavy atom.